The summed E-state index contributed by atoms with van der Waals surface area (Å²) in [7, 11) is 1.67. The third kappa shape index (κ3) is 10.2. The predicted molar refractivity (Wildman–Crippen MR) is 121 cm³/mol. The molecule has 0 bridgehead atoms. The van der Waals surface area contributed by atoms with Crippen molar-refractivity contribution >= 4 is 11.6 Å². The zero-order valence-corrected chi connectivity index (χ0v) is 18.3. The molecular weight excluding hydrogens is 380 g/mol. The summed E-state index contributed by atoms with van der Waals surface area (Å²) in [6.07, 6.45) is 3.63. The highest BCUT2D eigenvalue weighted by Crippen LogP contribution is 2.16. The number of anilines is 1. The molecule has 0 unspecified atom stereocenters. The number of nitrogens with one attached hydrogen (secondary N) is 2. The zero-order chi connectivity index (χ0) is 21.4. The summed E-state index contributed by atoms with van der Waals surface area (Å²) in [5.41, 5.74) is 2.00. The smallest absolute Gasteiger partial charge is 0.195 e. The lowest BCUT2D eigenvalue weighted by Crippen LogP contribution is -2.32. The van der Waals surface area contributed by atoms with Gasteiger partial charge in [-0.3, -0.25) is 9.98 Å². The van der Waals surface area contributed by atoms with Crippen molar-refractivity contribution in [1.29, 1.82) is 0 Å². The van der Waals surface area contributed by atoms with Crippen LogP contribution >= 0.6 is 0 Å². The van der Waals surface area contributed by atoms with Gasteiger partial charge in [0.05, 0.1) is 19.3 Å². The molecule has 0 amide bonds. The minimum absolute atomic E-state index is 0.153. The molecular formula is C23H34N4O3. The fourth-order valence-corrected chi connectivity index (χ4v) is 2.62. The molecule has 164 valence electrons. The molecule has 2 N–H and O–H groups in total. The van der Waals surface area contributed by atoms with E-state index in [4.69, 9.17) is 14.2 Å². The third-order valence-electron chi connectivity index (χ3n) is 4.04. The Kier molecular flexibility index (Phi) is 11.3. The number of hydrogen-bond donors (Lipinski definition) is 2. The normalized spacial score (nSPS) is 11.5. The summed E-state index contributed by atoms with van der Waals surface area (Å²) in [6.45, 7) is 7.32. The second-order valence-corrected chi connectivity index (χ2v) is 7.00. The Balaban J connectivity index is 1.87. The van der Waals surface area contributed by atoms with Crippen LogP contribution < -0.4 is 15.4 Å². The van der Waals surface area contributed by atoms with E-state index in [1.54, 1.807) is 7.11 Å². The maximum absolute atomic E-state index is 5.70. The summed E-state index contributed by atoms with van der Waals surface area (Å²) in [5, 5.41) is 6.74. The Morgan fingerprint density at radius 2 is 1.90 bits per heavy atom. The van der Waals surface area contributed by atoms with Crippen LogP contribution in [0.1, 0.15) is 26.0 Å². The standard InChI is InChI=1S/C23H34N4O3/c1-19(2)30-22-10-8-21(9-11-22)27-23(25-14-6-16-29-18-17-28-3)26-15-12-20-7-4-5-13-24-20/h4-5,7-11,13,19H,6,12,14-18H2,1-3H3,(H2,25,26,27). The topological polar surface area (TPSA) is 77.0 Å². The molecule has 0 saturated carbocycles. The highest BCUT2D eigenvalue weighted by atomic mass is 16.5. The zero-order valence-electron chi connectivity index (χ0n) is 18.3. The van der Waals surface area contributed by atoms with E-state index in [2.05, 4.69) is 20.6 Å². The van der Waals surface area contributed by atoms with Crippen LogP contribution in [-0.4, -0.2) is 57.1 Å². The number of guanidine groups is 1. The number of pyridine rings is 1. The number of aromatic nitrogens is 1. The van der Waals surface area contributed by atoms with Crippen molar-refractivity contribution in [2.75, 3.05) is 45.3 Å². The molecule has 2 rings (SSSR count). The van der Waals surface area contributed by atoms with Gasteiger partial charge in [0.25, 0.3) is 0 Å². The van der Waals surface area contributed by atoms with Crippen LogP contribution in [0.4, 0.5) is 5.69 Å². The Bertz CT molecular complexity index is 721. The van der Waals surface area contributed by atoms with Gasteiger partial charge in [-0.25, -0.2) is 0 Å². The molecule has 1 heterocycles. The lowest BCUT2D eigenvalue weighted by molar-refractivity contribution is 0.0702. The van der Waals surface area contributed by atoms with E-state index >= 15 is 0 Å². The number of benzene rings is 1. The molecule has 0 aliphatic rings. The molecule has 0 spiro atoms. The second kappa shape index (κ2) is 14.4. The molecule has 1 aromatic carbocycles. The molecule has 0 aliphatic carbocycles. The molecule has 0 aliphatic heterocycles. The van der Waals surface area contributed by atoms with E-state index in [0.29, 0.717) is 26.4 Å². The van der Waals surface area contributed by atoms with Gasteiger partial charge >= 0.3 is 0 Å². The number of nitrogens with zero attached hydrogens (tertiary/aromatic N) is 2. The summed E-state index contributed by atoms with van der Waals surface area (Å²) in [5.74, 6) is 1.59. The number of ether oxygens (including phenoxy) is 3. The molecule has 0 saturated heterocycles. The minimum Gasteiger partial charge on any atom is -0.491 e. The molecule has 30 heavy (non-hydrogen) atoms. The van der Waals surface area contributed by atoms with Gasteiger partial charge in [0.15, 0.2) is 5.96 Å². The summed E-state index contributed by atoms with van der Waals surface area (Å²) >= 11 is 0. The fraction of sp³-hybridized carbons (Fsp3) is 0.478. The first-order chi connectivity index (χ1) is 14.7. The van der Waals surface area contributed by atoms with Gasteiger partial charge in [-0.05, 0) is 56.7 Å². The first kappa shape index (κ1) is 23.6. The lowest BCUT2D eigenvalue weighted by atomic mass is 10.3. The monoisotopic (exact) mass is 414 g/mol. The second-order valence-electron chi connectivity index (χ2n) is 7.00. The number of aliphatic imine (C=N–C) groups is 1. The van der Waals surface area contributed by atoms with Crippen molar-refractivity contribution in [2.24, 2.45) is 4.99 Å². The van der Waals surface area contributed by atoms with Crippen molar-refractivity contribution in [3.8, 4) is 5.75 Å². The number of rotatable bonds is 13. The number of methoxy groups -OCH3 is 1. The van der Waals surface area contributed by atoms with Gasteiger partial charge in [0.2, 0.25) is 0 Å². The minimum atomic E-state index is 0.153. The van der Waals surface area contributed by atoms with Gasteiger partial charge in [0, 0.05) is 50.8 Å². The molecule has 0 fully saturated rings. The Labute approximate surface area is 179 Å². The fourth-order valence-electron chi connectivity index (χ4n) is 2.62. The van der Waals surface area contributed by atoms with Gasteiger partial charge < -0.3 is 24.8 Å². The van der Waals surface area contributed by atoms with Gasteiger partial charge in [0.1, 0.15) is 5.75 Å². The van der Waals surface area contributed by atoms with Crippen LogP contribution in [0.3, 0.4) is 0 Å². The van der Waals surface area contributed by atoms with E-state index in [1.807, 2.05) is 62.5 Å². The largest absolute Gasteiger partial charge is 0.491 e. The number of hydrogen-bond acceptors (Lipinski definition) is 5. The van der Waals surface area contributed by atoms with Crippen molar-refractivity contribution in [3.63, 3.8) is 0 Å². The summed E-state index contributed by atoms with van der Waals surface area (Å²) in [6, 6.07) is 13.8. The van der Waals surface area contributed by atoms with Gasteiger partial charge in [-0.1, -0.05) is 6.07 Å². The first-order valence-corrected chi connectivity index (χ1v) is 10.5. The Morgan fingerprint density at radius 1 is 1.07 bits per heavy atom. The average molecular weight is 415 g/mol. The molecule has 7 heteroatoms. The van der Waals surface area contributed by atoms with Crippen molar-refractivity contribution in [1.82, 2.24) is 10.3 Å². The average Bonchev–Trinajstić information content (AvgIpc) is 2.74. The predicted octanol–water partition coefficient (Wildman–Crippen LogP) is 3.52. The summed E-state index contributed by atoms with van der Waals surface area (Å²) in [4.78, 5) is 9.03. The summed E-state index contributed by atoms with van der Waals surface area (Å²) < 4.78 is 16.2. The first-order valence-electron chi connectivity index (χ1n) is 10.5. The van der Waals surface area contributed by atoms with E-state index < -0.39 is 0 Å². The van der Waals surface area contributed by atoms with Crippen molar-refractivity contribution < 1.29 is 14.2 Å². The quantitative estimate of drug-likeness (QED) is 0.297. The third-order valence-corrected chi connectivity index (χ3v) is 4.04. The van der Waals surface area contributed by atoms with Crippen LogP contribution in [0, 0.1) is 0 Å². The van der Waals surface area contributed by atoms with E-state index in [9.17, 15) is 0 Å². The van der Waals surface area contributed by atoms with Crippen LogP contribution in [0.5, 0.6) is 5.75 Å². The lowest BCUT2D eigenvalue weighted by Gasteiger charge is -2.14. The van der Waals surface area contributed by atoms with Crippen LogP contribution in [0.25, 0.3) is 0 Å². The van der Waals surface area contributed by atoms with E-state index in [1.165, 1.54) is 0 Å². The molecule has 7 nitrogen and oxygen atoms in total. The van der Waals surface area contributed by atoms with Crippen molar-refractivity contribution in [2.45, 2.75) is 32.8 Å². The maximum Gasteiger partial charge on any atom is 0.195 e. The molecule has 0 atom stereocenters. The van der Waals surface area contributed by atoms with Crippen LogP contribution in [0.2, 0.25) is 0 Å². The van der Waals surface area contributed by atoms with E-state index in [-0.39, 0.29) is 6.10 Å². The Hall–Kier alpha value is -2.64. The van der Waals surface area contributed by atoms with Crippen LogP contribution in [-0.2, 0) is 15.9 Å². The highest BCUT2D eigenvalue weighted by molar-refractivity contribution is 5.93. The van der Waals surface area contributed by atoms with Gasteiger partial charge in [-0.2, -0.15) is 0 Å². The van der Waals surface area contributed by atoms with E-state index in [0.717, 1.165) is 42.5 Å². The van der Waals surface area contributed by atoms with Crippen molar-refractivity contribution in [3.05, 3.63) is 54.4 Å². The Morgan fingerprint density at radius 3 is 2.60 bits per heavy atom. The molecule has 2 aromatic rings. The SMILES string of the molecule is COCCOCCCN=C(NCCc1ccccn1)Nc1ccc(OC(C)C)cc1. The highest BCUT2D eigenvalue weighted by Gasteiger charge is 2.03. The van der Waals surface area contributed by atoms with Crippen LogP contribution in [0.15, 0.2) is 53.7 Å². The molecule has 0 radical (unpaired) electrons. The maximum atomic E-state index is 5.70. The molecule has 1 aromatic heterocycles. The van der Waals surface area contributed by atoms with Gasteiger partial charge in [-0.15, -0.1) is 0 Å².